The number of nitrogens with one attached hydrogen (secondary N) is 1. The number of sulfonamides is 1. The summed E-state index contributed by atoms with van der Waals surface area (Å²) in [5.74, 6) is 0. The first-order valence-electron chi connectivity index (χ1n) is 5.41. The molecule has 104 valence electrons. The molecule has 1 heterocycles. The molecule has 1 rings (SSSR count). The van der Waals surface area contributed by atoms with Crippen LogP contribution in [0.2, 0.25) is 0 Å². The van der Waals surface area contributed by atoms with E-state index in [1.165, 1.54) is 6.07 Å². The Morgan fingerprint density at radius 2 is 2.11 bits per heavy atom. The zero-order chi connectivity index (χ0) is 13.8. The van der Waals surface area contributed by atoms with E-state index in [9.17, 15) is 17.2 Å². The van der Waals surface area contributed by atoms with E-state index < -0.39 is 23.0 Å². The molecule has 0 amide bonds. The van der Waals surface area contributed by atoms with Gasteiger partial charge >= 0.3 is 0 Å². The normalized spacial score (nSPS) is 12.6. The molecule has 1 aromatic heterocycles. The van der Waals surface area contributed by atoms with Crippen molar-refractivity contribution in [2.75, 3.05) is 20.1 Å². The van der Waals surface area contributed by atoms with Crippen LogP contribution >= 0.6 is 11.3 Å². The van der Waals surface area contributed by atoms with Crippen molar-refractivity contribution < 1.29 is 17.2 Å². The molecule has 0 radical (unpaired) electrons. The lowest BCUT2D eigenvalue weighted by atomic mass is 10.4. The molecule has 0 unspecified atom stereocenters. The number of nitrogens with zero attached hydrogens (tertiary/aromatic N) is 1. The topological polar surface area (TPSA) is 49.4 Å². The Labute approximate surface area is 110 Å². The Morgan fingerprint density at radius 1 is 1.44 bits per heavy atom. The molecule has 0 spiro atoms. The lowest BCUT2D eigenvalue weighted by Gasteiger charge is -2.14. The van der Waals surface area contributed by atoms with Gasteiger partial charge in [-0.15, -0.1) is 11.3 Å². The Bertz CT molecular complexity index is 474. The Balaban J connectivity index is 2.81. The van der Waals surface area contributed by atoms with E-state index in [1.54, 1.807) is 6.07 Å². The van der Waals surface area contributed by atoms with Crippen molar-refractivity contribution in [3.63, 3.8) is 0 Å². The van der Waals surface area contributed by atoms with E-state index in [0.29, 0.717) is 10.8 Å². The number of halogens is 2. The molecule has 0 aliphatic heterocycles. The van der Waals surface area contributed by atoms with E-state index in [1.807, 2.05) is 6.92 Å². The van der Waals surface area contributed by atoms with Crippen molar-refractivity contribution in [1.29, 1.82) is 0 Å². The maximum atomic E-state index is 12.2. The molecule has 1 N–H and O–H groups in total. The van der Waals surface area contributed by atoms with Crippen LogP contribution in [0.1, 0.15) is 11.8 Å². The van der Waals surface area contributed by atoms with Gasteiger partial charge in [0.1, 0.15) is 4.21 Å². The summed E-state index contributed by atoms with van der Waals surface area (Å²) in [5, 5.41) is 3.07. The summed E-state index contributed by atoms with van der Waals surface area (Å²) in [7, 11) is -2.64. The highest BCUT2D eigenvalue weighted by atomic mass is 32.2. The standard InChI is InChI=1S/C10H16F2N2O2S2/c1-3-13-6-8-4-5-10(17-8)18(15,16)14(2)7-9(11)12/h4-5,9,13H,3,6-7H2,1-2H3. The van der Waals surface area contributed by atoms with Gasteiger partial charge in [-0.2, -0.15) is 4.31 Å². The fourth-order valence-electron chi connectivity index (χ4n) is 1.29. The van der Waals surface area contributed by atoms with Crippen molar-refractivity contribution >= 4 is 21.4 Å². The monoisotopic (exact) mass is 298 g/mol. The Hall–Kier alpha value is -0.570. The van der Waals surface area contributed by atoms with Crippen LogP contribution in [0.15, 0.2) is 16.3 Å². The van der Waals surface area contributed by atoms with Gasteiger partial charge in [-0.3, -0.25) is 0 Å². The third-order valence-corrected chi connectivity index (χ3v) is 5.62. The summed E-state index contributed by atoms with van der Waals surface area (Å²) >= 11 is 1.10. The largest absolute Gasteiger partial charge is 0.312 e. The molecule has 0 aromatic carbocycles. The predicted octanol–water partition coefficient (Wildman–Crippen LogP) is 1.74. The zero-order valence-electron chi connectivity index (χ0n) is 10.2. The molecule has 0 aliphatic rings. The summed E-state index contributed by atoms with van der Waals surface area (Å²) in [6.07, 6.45) is -2.68. The van der Waals surface area contributed by atoms with Crippen LogP contribution in [0.3, 0.4) is 0 Å². The van der Waals surface area contributed by atoms with Gasteiger partial charge < -0.3 is 5.32 Å². The molecule has 0 fully saturated rings. The van der Waals surface area contributed by atoms with E-state index in [-0.39, 0.29) is 4.21 Å². The van der Waals surface area contributed by atoms with Crippen LogP contribution in [0.5, 0.6) is 0 Å². The van der Waals surface area contributed by atoms with E-state index in [4.69, 9.17) is 0 Å². The molecule has 0 aliphatic carbocycles. The van der Waals surface area contributed by atoms with E-state index >= 15 is 0 Å². The second-order valence-electron chi connectivity index (χ2n) is 3.68. The lowest BCUT2D eigenvalue weighted by Crippen LogP contribution is -2.30. The Kier molecular flexibility index (Phi) is 5.64. The van der Waals surface area contributed by atoms with Crippen LogP contribution in [0.25, 0.3) is 0 Å². The fourth-order valence-corrected chi connectivity index (χ4v) is 3.97. The highest BCUT2D eigenvalue weighted by molar-refractivity contribution is 7.91. The van der Waals surface area contributed by atoms with E-state index in [0.717, 1.165) is 29.8 Å². The van der Waals surface area contributed by atoms with Gasteiger partial charge in [0.05, 0.1) is 6.54 Å². The summed E-state index contributed by atoms with van der Waals surface area (Å²) in [5.41, 5.74) is 0. The molecule has 0 atom stereocenters. The van der Waals surface area contributed by atoms with Gasteiger partial charge in [0, 0.05) is 18.5 Å². The maximum absolute atomic E-state index is 12.2. The number of hydrogen-bond donors (Lipinski definition) is 1. The number of hydrogen-bond acceptors (Lipinski definition) is 4. The number of rotatable bonds is 7. The molecule has 8 heteroatoms. The average molecular weight is 298 g/mol. The third-order valence-electron chi connectivity index (χ3n) is 2.25. The minimum absolute atomic E-state index is 0.0959. The van der Waals surface area contributed by atoms with Gasteiger partial charge in [0.25, 0.3) is 16.4 Å². The molecule has 4 nitrogen and oxygen atoms in total. The number of alkyl halides is 2. The summed E-state index contributed by atoms with van der Waals surface area (Å²) in [4.78, 5) is 0.862. The average Bonchev–Trinajstić information content (AvgIpc) is 2.74. The van der Waals surface area contributed by atoms with Crippen molar-refractivity contribution in [2.45, 2.75) is 24.1 Å². The van der Waals surface area contributed by atoms with Gasteiger partial charge in [-0.1, -0.05) is 6.92 Å². The maximum Gasteiger partial charge on any atom is 0.252 e. The highest BCUT2D eigenvalue weighted by Gasteiger charge is 2.25. The first-order valence-corrected chi connectivity index (χ1v) is 7.67. The van der Waals surface area contributed by atoms with Crippen LogP contribution in [0, 0.1) is 0 Å². The first-order chi connectivity index (χ1) is 8.37. The van der Waals surface area contributed by atoms with Gasteiger partial charge in [0.15, 0.2) is 0 Å². The third kappa shape index (κ3) is 3.98. The van der Waals surface area contributed by atoms with Crippen molar-refractivity contribution in [1.82, 2.24) is 9.62 Å². The molecular formula is C10H16F2N2O2S2. The minimum atomic E-state index is -3.79. The van der Waals surface area contributed by atoms with Gasteiger partial charge in [-0.05, 0) is 18.7 Å². The van der Waals surface area contributed by atoms with Crippen LogP contribution < -0.4 is 5.32 Å². The summed E-state index contributed by atoms with van der Waals surface area (Å²) in [6, 6.07) is 3.14. The SMILES string of the molecule is CCNCc1ccc(S(=O)(=O)N(C)CC(F)F)s1. The molecule has 0 bridgehead atoms. The van der Waals surface area contributed by atoms with Crippen LogP contribution in [0.4, 0.5) is 8.78 Å². The predicted molar refractivity (Wildman–Crippen MR) is 67.5 cm³/mol. The van der Waals surface area contributed by atoms with Crippen LogP contribution in [-0.2, 0) is 16.6 Å². The van der Waals surface area contributed by atoms with Gasteiger partial charge in [-0.25, -0.2) is 17.2 Å². The molecular weight excluding hydrogens is 282 g/mol. The first kappa shape index (κ1) is 15.5. The quantitative estimate of drug-likeness (QED) is 0.834. The summed E-state index contributed by atoms with van der Waals surface area (Å²) < 4.78 is 49.0. The van der Waals surface area contributed by atoms with Crippen molar-refractivity contribution in [3.05, 3.63) is 17.0 Å². The highest BCUT2D eigenvalue weighted by Crippen LogP contribution is 2.24. The fraction of sp³-hybridized carbons (Fsp3) is 0.600. The second-order valence-corrected chi connectivity index (χ2v) is 7.12. The molecule has 0 saturated heterocycles. The van der Waals surface area contributed by atoms with E-state index in [2.05, 4.69) is 5.32 Å². The molecule has 0 saturated carbocycles. The summed E-state index contributed by atoms with van der Waals surface area (Å²) in [6.45, 7) is 2.52. The smallest absolute Gasteiger partial charge is 0.252 e. The van der Waals surface area contributed by atoms with Crippen LogP contribution in [-0.4, -0.2) is 39.3 Å². The van der Waals surface area contributed by atoms with Gasteiger partial charge in [0.2, 0.25) is 0 Å². The molecule has 1 aromatic rings. The Morgan fingerprint density at radius 3 is 2.67 bits per heavy atom. The number of thiophene rings is 1. The van der Waals surface area contributed by atoms with Crippen molar-refractivity contribution in [2.24, 2.45) is 0 Å². The molecule has 18 heavy (non-hydrogen) atoms. The lowest BCUT2D eigenvalue weighted by molar-refractivity contribution is 0.126. The van der Waals surface area contributed by atoms with Crippen molar-refractivity contribution in [3.8, 4) is 0 Å². The zero-order valence-corrected chi connectivity index (χ0v) is 11.8. The second kappa shape index (κ2) is 6.55. The minimum Gasteiger partial charge on any atom is -0.312 e.